The maximum atomic E-state index is 12.9. The van der Waals surface area contributed by atoms with Gasteiger partial charge in [0.25, 0.3) is 5.56 Å². The lowest BCUT2D eigenvalue weighted by atomic mass is 10.1. The Bertz CT molecular complexity index is 1140. The van der Waals surface area contributed by atoms with Gasteiger partial charge in [0.1, 0.15) is 11.4 Å². The molecule has 3 heterocycles. The van der Waals surface area contributed by atoms with E-state index in [2.05, 4.69) is 20.3 Å². The molecule has 1 unspecified atom stereocenters. The number of aromatic amines is 2. The molecule has 0 amide bonds. The fourth-order valence-electron chi connectivity index (χ4n) is 3.75. The van der Waals surface area contributed by atoms with Crippen molar-refractivity contribution in [3.05, 3.63) is 58.9 Å². The fourth-order valence-corrected chi connectivity index (χ4v) is 3.75. The van der Waals surface area contributed by atoms with Gasteiger partial charge in [-0.2, -0.15) is 0 Å². The van der Waals surface area contributed by atoms with Crippen molar-refractivity contribution in [2.24, 2.45) is 0 Å². The monoisotopic (exact) mass is 360 g/mol. The number of ether oxygens (including phenoxy) is 1. The highest BCUT2D eigenvalue weighted by atomic mass is 16.5. The van der Waals surface area contributed by atoms with Crippen LogP contribution >= 0.6 is 0 Å². The molecule has 4 aromatic rings. The Morgan fingerprint density at radius 2 is 1.89 bits per heavy atom. The summed E-state index contributed by atoms with van der Waals surface area (Å²) in [6, 6.07) is 15.6. The predicted octanol–water partition coefficient (Wildman–Crippen LogP) is 3.66. The molecule has 1 saturated heterocycles. The number of para-hydroxylation sites is 3. The number of hydrogen-bond acceptors (Lipinski definition) is 4. The van der Waals surface area contributed by atoms with E-state index in [9.17, 15) is 4.79 Å². The van der Waals surface area contributed by atoms with Crippen molar-refractivity contribution in [2.45, 2.75) is 18.9 Å². The normalized spacial score (nSPS) is 17.0. The minimum atomic E-state index is -0.164. The van der Waals surface area contributed by atoms with E-state index < -0.39 is 0 Å². The number of benzene rings is 2. The highest BCUT2D eigenvalue weighted by molar-refractivity contribution is 5.99. The molecule has 0 spiro atoms. The number of pyridine rings is 1. The highest BCUT2D eigenvalue weighted by Crippen LogP contribution is 2.31. The van der Waals surface area contributed by atoms with E-state index in [1.165, 1.54) is 0 Å². The summed E-state index contributed by atoms with van der Waals surface area (Å²) in [4.78, 5) is 23.9. The largest absolute Gasteiger partial charge is 0.381 e. The average molecular weight is 360 g/mol. The van der Waals surface area contributed by atoms with Crippen LogP contribution in [0, 0.1) is 0 Å². The number of aromatic nitrogens is 3. The lowest BCUT2D eigenvalue weighted by molar-refractivity contribution is 0.120. The highest BCUT2D eigenvalue weighted by Gasteiger charge is 2.20. The minimum absolute atomic E-state index is 0.164. The van der Waals surface area contributed by atoms with Crippen molar-refractivity contribution < 1.29 is 4.74 Å². The van der Waals surface area contributed by atoms with Gasteiger partial charge in [-0.3, -0.25) is 4.79 Å². The summed E-state index contributed by atoms with van der Waals surface area (Å²) in [6.45, 7) is 1.47. The van der Waals surface area contributed by atoms with Crippen LogP contribution in [-0.2, 0) is 4.74 Å². The van der Waals surface area contributed by atoms with Crippen LogP contribution in [0.5, 0.6) is 0 Å². The Balaban J connectivity index is 1.68. The van der Waals surface area contributed by atoms with Gasteiger partial charge in [0.2, 0.25) is 0 Å². The Morgan fingerprint density at radius 3 is 2.70 bits per heavy atom. The van der Waals surface area contributed by atoms with Crippen molar-refractivity contribution >= 4 is 27.6 Å². The quantitative estimate of drug-likeness (QED) is 0.519. The van der Waals surface area contributed by atoms with Crippen LogP contribution in [0.3, 0.4) is 0 Å². The van der Waals surface area contributed by atoms with Gasteiger partial charge in [0, 0.05) is 18.5 Å². The maximum absolute atomic E-state index is 12.9. The molecule has 3 N–H and O–H groups in total. The van der Waals surface area contributed by atoms with Crippen LogP contribution in [0.1, 0.15) is 12.8 Å². The molecule has 6 nitrogen and oxygen atoms in total. The number of fused-ring (bicyclic) bond motifs is 2. The van der Waals surface area contributed by atoms with E-state index in [1.807, 2.05) is 48.5 Å². The minimum Gasteiger partial charge on any atom is -0.381 e. The molecule has 1 fully saturated rings. The SMILES string of the molecule is O=c1[nH]c2ccccc2c(NCC2CCCO2)c1-c1nc2ccccc2[nH]1. The smallest absolute Gasteiger partial charge is 0.261 e. The molecule has 136 valence electrons. The Labute approximate surface area is 155 Å². The Kier molecular flexibility index (Phi) is 3.90. The molecule has 27 heavy (non-hydrogen) atoms. The van der Waals surface area contributed by atoms with Crippen LogP contribution in [0.25, 0.3) is 33.3 Å². The molecular formula is C21H20N4O2. The summed E-state index contributed by atoms with van der Waals surface area (Å²) >= 11 is 0. The zero-order chi connectivity index (χ0) is 18.2. The average Bonchev–Trinajstić information content (AvgIpc) is 3.35. The third-order valence-electron chi connectivity index (χ3n) is 5.08. The molecule has 1 atom stereocenters. The standard InChI is InChI=1S/C21H20N4O2/c26-21-18(20-23-16-9-3-4-10-17(16)24-20)19(22-12-13-6-5-11-27-13)14-7-1-2-8-15(14)25-21/h1-4,7-10,13H,5-6,11-12H2,(H,23,24)(H2,22,25,26). The number of nitrogens with one attached hydrogen (secondary N) is 3. The molecule has 5 rings (SSSR count). The van der Waals surface area contributed by atoms with Gasteiger partial charge in [-0.15, -0.1) is 0 Å². The summed E-state index contributed by atoms with van der Waals surface area (Å²) in [6.07, 6.45) is 2.29. The molecule has 0 aliphatic carbocycles. The molecule has 2 aromatic carbocycles. The van der Waals surface area contributed by atoms with Crippen molar-refractivity contribution in [2.75, 3.05) is 18.5 Å². The zero-order valence-corrected chi connectivity index (χ0v) is 14.8. The number of imidazole rings is 1. The number of H-pyrrole nitrogens is 2. The Morgan fingerprint density at radius 1 is 1.07 bits per heavy atom. The molecule has 0 bridgehead atoms. The first kappa shape index (κ1) is 16.1. The lowest BCUT2D eigenvalue weighted by Crippen LogP contribution is -2.21. The van der Waals surface area contributed by atoms with E-state index in [-0.39, 0.29) is 11.7 Å². The van der Waals surface area contributed by atoms with Crippen LogP contribution in [0.4, 0.5) is 5.69 Å². The van der Waals surface area contributed by atoms with Gasteiger partial charge < -0.3 is 20.0 Å². The first-order valence-corrected chi connectivity index (χ1v) is 9.25. The topological polar surface area (TPSA) is 82.8 Å². The third kappa shape index (κ3) is 2.88. The summed E-state index contributed by atoms with van der Waals surface area (Å²) in [5, 5.41) is 4.44. The van der Waals surface area contributed by atoms with E-state index in [1.54, 1.807) is 0 Å². The van der Waals surface area contributed by atoms with Gasteiger partial charge in [-0.05, 0) is 31.0 Å². The second-order valence-electron chi connectivity index (χ2n) is 6.87. The van der Waals surface area contributed by atoms with Crippen LogP contribution in [0.2, 0.25) is 0 Å². The van der Waals surface area contributed by atoms with Crippen molar-refractivity contribution in [3.8, 4) is 11.4 Å². The van der Waals surface area contributed by atoms with E-state index >= 15 is 0 Å². The second kappa shape index (κ2) is 6.55. The molecular weight excluding hydrogens is 340 g/mol. The predicted molar refractivity (Wildman–Crippen MR) is 107 cm³/mol. The number of nitrogens with zero attached hydrogens (tertiary/aromatic N) is 1. The molecule has 1 aliphatic rings. The maximum Gasteiger partial charge on any atom is 0.261 e. The number of hydrogen-bond donors (Lipinski definition) is 3. The van der Waals surface area contributed by atoms with Crippen LogP contribution < -0.4 is 10.9 Å². The number of rotatable bonds is 4. The molecule has 1 aliphatic heterocycles. The first-order chi connectivity index (χ1) is 13.3. The molecule has 0 radical (unpaired) electrons. The summed E-state index contributed by atoms with van der Waals surface area (Å²) in [7, 11) is 0. The van der Waals surface area contributed by atoms with Gasteiger partial charge >= 0.3 is 0 Å². The fraction of sp³-hybridized carbons (Fsp3) is 0.238. The van der Waals surface area contributed by atoms with Gasteiger partial charge in [-0.25, -0.2) is 4.98 Å². The summed E-state index contributed by atoms with van der Waals surface area (Å²) in [5.41, 5.74) is 3.71. The van der Waals surface area contributed by atoms with Crippen molar-refractivity contribution in [3.63, 3.8) is 0 Å². The summed E-state index contributed by atoms with van der Waals surface area (Å²) < 4.78 is 5.74. The van der Waals surface area contributed by atoms with Crippen LogP contribution in [-0.4, -0.2) is 34.2 Å². The molecule has 6 heteroatoms. The molecule has 0 saturated carbocycles. The number of anilines is 1. The van der Waals surface area contributed by atoms with Crippen molar-refractivity contribution in [1.82, 2.24) is 15.0 Å². The van der Waals surface area contributed by atoms with E-state index in [0.717, 1.165) is 47.1 Å². The van der Waals surface area contributed by atoms with Gasteiger partial charge in [0.15, 0.2) is 0 Å². The third-order valence-corrected chi connectivity index (χ3v) is 5.08. The second-order valence-corrected chi connectivity index (χ2v) is 6.87. The van der Waals surface area contributed by atoms with Crippen LogP contribution in [0.15, 0.2) is 53.3 Å². The zero-order valence-electron chi connectivity index (χ0n) is 14.8. The van der Waals surface area contributed by atoms with Crippen molar-refractivity contribution in [1.29, 1.82) is 0 Å². The van der Waals surface area contributed by atoms with Gasteiger partial charge in [-0.1, -0.05) is 30.3 Å². The molecule has 2 aromatic heterocycles. The lowest BCUT2D eigenvalue weighted by Gasteiger charge is -2.16. The Hall–Kier alpha value is -3.12. The first-order valence-electron chi connectivity index (χ1n) is 9.25. The van der Waals surface area contributed by atoms with Gasteiger partial charge in [0.05, 0.1) is 28.3 Å². The summed E-state index contributed by atoms with van der Waals surface area (Å²) in [5.74, 6) is 0.568. The van der Waals surface area contributed by atoms with E-state index in [0.29, 0.717) is 17.9 Å². The van der Waals surface area contributed by atoms with E-state index in [4.69, 9.17) is 4.74 Å².